The summed E-state index contributed by atoms with van der Waals surface area (Å²) in [6, 6.07) is 14.4. The fourth-order valence-corrected chi connectivity index (χ4v) is 6.14. The third-order valence-electron chi connectivity index (χ3n) is 8.88. The number of hydrogen-bond donors (Lipinski definition) is 0. The lowest BCUT2D eigenvalue weighted by molar-refractivity contribution is -0.189. The van der Waals surface area contributed by atoms with E-state index < -0.39 is 11.6 Å². The average Bonchev–Trinajstić information content (AvgIpc) is 3.64. The van der Waals surface area contributed by atoms with Gasteiger partial charge in [-0.05, 0) is 73.1 Å². The molecule has 6 heteroatoms. The number of aryl methyl sites for hydroxylation is 1. The number of nitriles is 2. The molecule has 2 saturated carbocycles. The molecule has 2 fully saturated rings. The molecule has 36 heavy (non-hydrogen) atoms. The van der Waals surface area contributed by atoms with Gasteiger partial charge in [-0.1, -0.05) is 50.5 Å². The largest absolute Gasteiger partial charge is 0.394 e. The van der Waals surface area contributed by atoms with Gasteiger partial charge in [0.05, 0.1) is 22.2 Å². The SMILES string of the molecule is CC1c2ncc(C#N)cc2C(C#N)=C(c2ccc(CCCC3(C(F)(F)F)CC3)cc2)CC1C1CCC1. The summed E-state index contributed by atoms with van der Waals surface area (Å²) in [6.07, 6.45) is 3.72. The number of halogens is 3. The Hall–Kier alpha value is -3.12. The predicted octanol–water partition coefficient (Wildman–Crippen LogP) is 7.98. The number of alkyl halides is 3. The molecular formula is C30H30F3N3. The summed E-state index contributed by atoms with van der Waals surface area (Å²) in [6.45, 7) is 2.19. The van der Waals surface area contributed by atoms with Crippen molar-refractivity contribution in [1.29, 1.82) is 10.5 Å². The molecule has 3 aliphatic carbocycles. The molecule has 2 atom stereocenters. The fraction of sp³-hybridized carbons (Fsp3) is 0.500. The minimum absolute atomic E-state index is 0.182. The van der Waals surface area contributed by atoms with E-state index in [1.54, 1.807) is 12.3 Å². The minimum Gasteiger partial charge on any atom is -0.259 e. The Labute approximate surface area is 210 Å². The first-order chi connectivity index (χ1) is 17.3. The molecule has 3 aliphatic rings. The van der Waals surface area contributed by atoms with E-state index in [1.807, 2.05) is 24.3 Å². The van der Waals surface area contributed by atoms with Crippen LogP contribution in [0.1, 0.15) is 92.2 Å². The van der Waals surface area contributed by atoms with E-state index in [1.165, 1.54) is 19.3 Å². The lowest BCUT2D eigenvalue weighted by Crippen LogP contribution is -2.26. The molecule has 2 aromatic rings. The third-order valence-corrected chi connectivity index (χ3v) is 8.88. The number of pyridine rings is 1. The first-order valence-corrected chi connectivity index (χ1v) is 13.0. The van der Waals surface area contributed by atoms with Crippen LogP contribution in [0.2, 0.25) is 0 Å². The van der Waals surface area contributed by atoms with Crippen LogP contribution >= 0.6 is 0 Å². The van der Waals surface area contributed by atoms with Crippen LogP contribution in [0.4, 0.5) is 13.2 Å². The number of rotatable bonds is 6. The lowest BCUT2D eigenvalue weighted by Gasteiger charge is -2.37. The highest BCUT2D eigenvalue weighted by Gasteiger charge is 2.62. The fourth-order valence-electron chi connectivity index (χ4n) is 6.14. The molecule has 0 aliphatic heterocycles. The van der Waals surface area contributed by atoms with E-state index in [-0.39, 0.29) is 25.2 Å². The van der Waals surface area contributed by atoms with Crippen molar-refractivity contribution in [2.75, 3.05) is 0 Å². The molecule has 1 aromatic heterocycles. The predicted molar refractivity (Wildman–Crippen MR) is 132 cm³/mol. The summed E-state index contributed by atoms with van der Waals surface area (Å²) in [4.78, 5) is 4.65. The number of benzene rings is 1. The van der Waals surface area contributed by atoms with Gasteiger partial charge in [-0.15, -0.1) is 0 Å². The van der Waals surface area contributed by atoms with Crippen molar-refractivity contribution in [3.05, 3.63) is 64.5 Å². The van der Waals surface area contributed by atoms with Gasteiger partial charge in [-0.25, -0.2) is 0 Å². The van der Waals surface area contributed by atoms with Crippen LogP contribution in [0.5, 0.6) is 0 Å². The normalized spacial score (nSPS) is 23.2. The number of hydrogen-bond acceptors (Lipinski definition) is 3. The van der Waals surface area contributed by atoms with E-state index in [0.717, 1.165) is 34.4 Å². The van der Waals surface area contributed by atoms with Crippen molar-refractivity contribution in [3.8, 4) is 12.1 Å². The third kappa shape index (κ3) is 4.43. The minimum atomic E-state index is -4.10. The zero-order chi connectivity index (χ0) is 25.5. The second kappa shape index (κ2) is 9.40. The van der Waals surface area contributed by atoms with Crippen molar-refractivity contribution in [3.63, 3.8) is 0 Å². The monoisotopic (exact) mass is 489 g/mol. The van der Waals surface area contributed by atoms with Gasteiger partial charge in [-0.3, -0.25) is 4.98 Å². The van der Waals surface area contributed by atoms with Crippen LogP contribution in [0, 0.1) is 39.9 Å². The lowest BCUT2D eigenvalue weighted by atomic mass is 9.68. The Morgan fingerprint density at radius 1 is 1.08 bits per heavy atom. The van der Waals surface area contributed by atoms with E-state index in [0.29, 0.717) is 35.8 Å². The Kier molecular flexibility index (Phi) is 6.41. The molecule has 1 heterocycles. The molecule has 0 bridgehead atoms. The van der Waals surface area contributed by atoms with Gasteiger partial charge < -0.3 is 0 Å². The van der Waals surface area contributed by atoms with Crippen molar-refractivity contribution in [2.45, 2.75) is 76.8 Å². The zero-order valence-electron chi connectivity index (χ0n) is 20.5. The topological polar surface area (TPSA) is 60.5 Å². The Balaban J connectivity index is 1.43. The first-order valence-electron chi connectivity index (χ1n) is 13.0. The average molecular weight is 490 g/mol. The summed E-state index contributed by atoms with van der Waals surface area (Å²) < 4.78 is 39.7. The zero-order valence-corrected chi connectivity index (χ0v) is 20.5. The van der Waals surface area contributed by atoms with Gasteiger partial charge in [0.2, 0.25) is 0 Å². The second-order valence-electron chi connectivity index (χ2n) is 10.9. The van der Waals surface area contributed by atoms with E-state index in [9.17, 15) is 23.7 Å². The van der Waals surface area contributed by atoms with E-state index >= 15 is 0 Å². The molecule has 5 rings (SSSR count). The van der Waals surface area contributed by atoms with Gasteiger partial charge in [0, 0.05) is 17.7 Å². The molecule has 0 radical (unpaired) electrons. The van der Waals surface area contributed by atoms with Crippen LogP contribution < -0.4 is 0 Å². The van der Waals surface area contributed by atoms with Crippen molar-refractivity contribution >= 4 is 11.1 Å². The molecule has 0 saturated heterocycles. The van der Waals surface area contributed by atoms with Crippen LogP contribution in [-0.4, -0.2) is 11.2 Å². The van der Waals surface area contributed by atoms with Crippen LogP contribution in [-0.2, 0) is 6.42 Å². The molecule has 0 amide bonds. The highest BCUT2D eigenvalue weighted by Crippen LogP contribution is 2.60. The van der Waals surface area contributed by atoms with E-state index in [2.05, 4.69) is 24.0 Å². The van der Waals surface area contributed by atoms with Gasteiger partial charge in [0.1, 0.15) is 12.1 Å². The molecule has 3 nitrogen and oxygen atoms in total. The number of fused-ring (bicyclic) bond motifs is 1. The Bertz CT molecular complexity index is 1250. The maximum Gasteiger partial charge on any atom is 0.394 e. The summed E-state index contributed by atoms with van der Waals surface area (Å²) in [7, 11) is 0. The van der Waals surface area contributed by atoms with E-state index in [4.69, 9.17) is 0 Å². The molecule has 1 aromatic carbocycles. The standard InChI is InChI=1S/C30H30F3N3/c1-19-24(22-5-2-6-22)15-25(27(17-35)26-14-21(16-34)18-36-28(19)26)23-9-7-20(8-10-23)4-3-11-29(12-13-29)30(31,32)33/h7-10,14,18-19,22,24H,2-6,11-13,15H2,1H3. The summed E-state index contributed by atoms with van der Waals surface area (Å²) in [5, 5.41) is 19.7. The summed E-state index contributed by atoms with van der Waals surface area (Å²) >= 11 is 0. The Morgan fingerprint density at radius 3 is 2.36 bits per heavy atom. The smallest absolute Gasteiger partial charge is 0.259 e. The molecule has 186 valence electrons. The summed E-state index contributed by atoms with van der Waals surface area (Å²) in [5.41, 5.74) is 4.20. The van der Waals surface area contributed by atoms with Crippen LogP contribution in [0.3, 0.4) is 0 Å². The number of allylic oxidation sites excluding steroid dienone is 2. The quantitative estimate of drug-likeness (QED) is 0.413. The van der Waals surface area contributed by atoms with Gasteiger partial charge in [0.15, 0.2) is 0 Å². The molecular weight excluding hydrogens is 459 g/mol. The summed E-state index contributed by atoms with van der Waals surface area (Å²) in [5.74, 6) is 1.15. The van der Waals surface area contributed by atoms with Gasteiger partial charge in [0.25, 0.3) is 0 Å². The maximum absolute atomic E-state index is 13.2. The molecule has 0 spiro atoms. The van der Waals surface area contributed by atoms with Crippen LogP contribution in [0.15, 0.2) is 36.5 Å². The Morgan fingerprint density at radius 2 is 1.81 bits per heavy atom. The molecule has 2 unspecified atom stereocenters. The molecule has 0 N–H and O–H groups in total. The second-order valence-corrected chi connectivity index (χ2v) is 10.9. The highest BCUT2D eigenvalue weighted by molar-refractivity contribution is 5.98. The maximum atomic E-state index is 13.2. The first kappa shape index (κ1) is 24.6. The number of nitrogens with zero attached hydrogens (tertiary/aromatic N) is 3. The van der Waals surface area contributed by atoms with Crippen molar-refractivity contribution in [2.24, 2.45) is 17.3 Å². The van der Waals surface area contributed by atoms with Crippen molar-refractivity contribution < 1.29 is 13.2 Å². The number of aromatic nitrogens is 1. The van der Waals surface area contributed by atoms with Crippen molar-refractivity contribution in [1.82, 2.24) is 4.98 Å². The van der Waals surface area contributed by atoms with Gasteiger partial charge >= 0.3 is 6.18 Å². The van der Waals surface area contributed by atoms with Crippen LogP contribution in [0.25, 0.3) is 11.1 Å². The highest BCUT2D eigenvalue weighted by atomic mass is 19.4. The van der Waals surface area contributed by atoms with Gasteiger partial charge in [-0.2, -0.15) is 23.7 Å².